The van der Waals surface area contributed by atoms with Crippen LogP contribution in [0.15, 0.2) is 91.0 Å². The predicted octanol–water partition coefficient (Wildman–Crippen LogP) is 5.39. The van der Waals surface area contributed by atoms with Crippen molar-refractivity contribution in [2.75, 3.05) is 5.32 Å². The van der Waals surface area contributed by atoms with Gasteiger partial charge in [0.25, 0.3) is 0 Å². The monoisotopic (exact) mass is 383 g/mol. The molecule has 142 valence electrons. The lowest BCUT2D eigenvalue weighted by atomic mass is 10.0. The molecule has 0 aliphatic carbocycles. The maximum atomic E-state index is 12.4. The van der Waals surface area contributed by atoms with Crippen LogP contribution < -0.4 is 10.1 Å². The molecular weight excluding hydrogens is 366 g/mol. The minimum atomic E-state index is -0.613. The molecule has 0 radical (unpaired) electrons. The van der Waals surface area contributed by atoms with Gasteiger partial charge in [0.15, 0.2) is 5.78 Å². The zero-order valence-corrected chi connectivity index (χ0v) is 15.3. The van der Waals surface area contributed by atoms with E-state index in [0.29, 0.717) is 22.6 Å². The van der Waals surface area contributed by atoms with Gasteiger partial charge in [-0.1, -0.05) is 30.3 Å². The third kappa shape index (κ3) is 4.25. The van der Waals surface area contributed by atoms with Crippen LogP contribution in [0.1, 0.15) is 15.9 Å². The van der Waals surface area contributed by atoms with Crippen molar-refractivity contribution in [1.29, 1.82) is 0 Å². The number of amides is 1. The highest BCUT2D eigenvalue weighted by Gasteiger charge is 2.10. The van der Waals surface area contributed by atoms with E-state index in [0.717, 1.165) is 10.8 Å². The van der Waals surface area contributed by atoms with Crippen molar-refractivity contribution in [2.45, 2.75) is 0 Å². The van der Waals surface area contributed by atoms with Crippen LogP contribution >= 0.6 is 0 Å². The minimum absolute atomic E-state index is 0.103. The summed E-state index contributed by atoms with van der Waals surface area (Å²) in [4.78, 5) is 24.6. The van der Waals surface area contributed by atoms with Crippen LogP contribution in [0.5, 0.6) is 11.5 Å². The first-order valence-corrected chi connectivity index (χ1v) is 9.00. The first kappa shape index (κ1) is 18.3. The van der Waals surface area contributed by atoms with Gasteiger partial charge in [-0.25, -0.2) is 4.79 Å². The Bertz CT molecular complexity index is 1180. The Labute approximate surface area is 167 Å². The summed E-state index contributed by atoms with van der Waals surface area (Å²) in [6, 6.07) is 25.8. The smallest absolute Gasteiger partial charge is 0.417 e. The molecule has 29 heavy (non-hydrogen) atoms. The summed E-state index contributed by atoms with van der Waals surface area (Å²) in [5.74, 6) is 0.377. The summed E-state index contributed by atoms with van der Waals surface area (Å²) in [6.07, 6.45) is -0.613. The lowest BCUT2D eigenvalue weighted by Crippen LogP contribution is -2.16. The van der Waals surface area contributed by atoms with Crippen molar-refractivity contribution >= 4 is 28.3 Å². The molecule has 1 amide bonds. The molecule has 5 heteroatoms. The van der Waals surface area contributed by atoms with Crippen molar-refractivity contribution in [2.24, 2.45) is 0 Å². The van der Waals surface area contributed by atoms with Crippen LogP contribution in [-0.4, -0.2) is 17.0 Å². The number of ether oxygens (including phenoxy) is 1. The van der Waals surface area contributed by atoms with E-state index in [1.54, 1.807) is 48.5 Å². The number of carbonyl (C=O) groups is 2. The third-order valence-electron chi connectivity index (χ3n) is 4.45. The summed E-state index contributed by atoms with van der Waals surface area (Å²) in [5.41, 5.74) is 1.46. The fraction of sp³-hybridized carbons (Fsp3) is 0. The molecule has 0 atom stereocenters. The van der Waals surface area contributed by atoms with Gasteiger partial charge in [-0.2, -0.15) is 0 Å². The van der Waals surface area contributed by atoms with E-state index in [2.05, 4.69) is 5.32 Å². The van der Waals surface area contributed by atoms with Gasteiger partial charge in [0, 0.05) is 16.8 Å². The normalized spacial score (nSPS) is 10.5. The molecule has 0 aliphatic rings. The fourth-order valence-electron chi connectivity index (χ4n) is 2.97. The Morgan fingerprint density at radius 2 is 1.34 bits per heavy atom. The lowest BCUT2D eigenvalue weighted by Gasteiger charge is -2.08. The fourth-order valence-corrected chi connectivity index (χ4v) is 2.97. The van der Waals surface area contributed by atoms with Gasteiger partial charge in [0.1, 0.15) is 11.5 Å². The number of carbonyl (C=O) groups excluding carboxylic acids is 2. The molecule has 4 aromatic carbocycles. The van der Waals surface area contributed by atoms with Gasteiger partial charge in [-0.15, -0.1) is 0 Å². The van der Waals surface area contributed by atoms with Crippen LogP contribution in [0.4, 0.5) is 10.5 Å². The van der Waals surface area contributed by atoms with Crippen LogP contribution in [0.3, 0.4) is 0 Å². The Balaban J connectivity index is 1.41. The molecule has 2 N–H and O–H groups in total. The molecule has 4 rings (SSSR count). The quantitative estimate of drug-likeness (QED) is 0.464. The molecule has 0 heterocycles. The number of ketones is 1. The molecule has 4 aromatic rings. The number of fused-ring (bicyclic) bond motifs is 1. The predicted molar refractivity (Wildman–Crippen MR) is 112 cm³/mol. The SMILES string of the molecule is O=C(Nc1ccc(C(=O)c2ccc(O)cc2)cc1)Oc1ccc2ccccc2c1. The number of hydrogen-bond donors (Lipinski definition) is 2. The van der Waals surface area contributed by atoms with E-state index in [1.165, 1.54) is 12.1 Å². The van der Waals surface area contributed by atoms with E-state index in [4.69, 9.17) is 4.74 Å². The van der Waals surface area contributed by atoms with Crippen molar-refractivity contribution in [1.82, 2.24) is 0 Å². The highest BCUT2D eigenvalue weighted by Crippen LogP contribution is 2.21. The van der Waals surface area contributed by atoms with E-state index < -0.39 is 6.09 Å². The number of anilines is 1. The average molecular weight is 383 g/mol. The maximum absolute atomic E-state index is 12.4. The Hall–Kier alpha value is -4.12. The number of rotatable bonds is 4. The van der Waals surface area contributed by atoms with Crippen molar-refractivity contribution in [3.05, 3.63) is 102 Å². The third-order valence-corrected chi connectivity index (χ3v) is 4.45. The summed E-state index contributed by atoms with van der Waals surface area (Å²) in [5, 5.41) is 14.0. The van der Waals surface area contributed by atoms with E-state index in [1.807, 2.05) is 30.3 Å². The lowest BCUT2D eigenvalue weighted by molar-refractivity contribution is 0.103. The minimum Gasteiger partial charge on any atom is -0.508 e. The summed E-state index contributed by atoms with van der Waals surface area (Å²) >= 11 is 0. The van der Waals surface area contributed by atoms with Crippen molar-refractivity contribution < 1.29 is 19.4 Å². The van der Waals surface area contributed by atoms with Gasteiger partial charge in [-0.3, -0.25) is 10.1 Å². The van der Waals surface area contributed by atoms with E-state index in [9.17, 15) is 14.7 Å². The average Bonchev–Trinajstić information content (AvgIpc) is 2.74. The van der Waals surface area contributed by atoms with Gasteiger partial charge < -0.3 is 9.84 Å². The Morgan fingerprint density at radius 1 is 0.724 bits per heavy atom. The molecule has 0 saturated carbocycles. The second kappa shape index (κ2) is 7.86. The molecule has 0 fully saturated rings. The molecular formula is C24H17NO4. The molecule has 0 unspecified atom stereocenters. The standard InChI is InChI=1S/C24H17NO4/c26-21-12-7-18(8-13-21)23(27)17-5-10-20(11-6-17)25-24(28)29-22-14-9-16-3-1-2-4-19(16)15-22/h1-15,26H,(H,25,28). The van der Waals surface area contributed by atoms with E-state index in [-0.39, 0.29) is 11.5 Å². The summed E-state index contributed by atoms with van der Waals surface area (Å²) in [6.45, 7) is 0. The topological polar surface area (TPSA) is 75.6 Å². The Kier molecular flexibility index (Phi) is 4.95. The van der Waals surface area contributed by atoms with Crippen LogP contribution in [-0.2, 0) is 0 Å². The first-order valence-electron chi connectivity index (χ1n) is 9.00. The number of aromatic hydroxyl groups is 1. The molecule has 0 bridgehead atoms. The first-order chi connectivity index (χ1) is 14.1. The van der Waals surface area contributed by atoms with Gasteiger partial charge in [0.2, 0.25) is 0 Å². The number of phenols is 1. The molecule has 5 nitrogen and oxygen atoms in total. The maximum Gasteiger partial charge on any atom is 0.417 e. The summed E-state index contributed by atoms with van der Waals surface area (Å²) in [7, 11) is 0. The highest BCUT2D eigenvalue weighted by atomic mass is 16.6. The largest absolute Gasteiger partial charge is 0.508 e. The second-order valence-electron chi connectivity index (χ2n) is 6.48. The molecule has 0 spiro atoms. The van der Waals surface area contributed by atoms with E-state index >= 15 is 0 Å². The molecule has 0 aromatic heterocycles. The Morgan fingerprint density at radius 3 is 2.03 bits per heavy atom. The zero-order valence-electron chi connectivity index (χ0n) is 15.3. The number of hydrogen-bond acceptors (Lipinski definition) is 4. The molecule has 0 aliphatic heterocycles. The van der Waals surface area contributed by atoms with Crippen LogP contribution in [0, 0.1) is 0 Å². The highest BCUT2D eigenvalue weighted by molar-refractivity contribution is 6.09. The molecule has 0 saturated heterocycles. The van der Waals surface area contributed by atoms with Crippen molar-refractivity contribution in [3.63, 3.8) is 0 Å². The van der Waals surface area contributed by atoms with Gasteiger partial charge in [-0.05, 0) is 71.4 Å². The summed E-state index contributed by atoms with van der Waals surface area (Å²) < 4.78 is 5.34. The number of phenolic OH excluding ortho intramolecular Hbond substituents is 1. The number of benzene rings is 4. The van der Waals surface area contributed by atoms with Gasteiger partial charge in [0.05, 0.1) is 0 Å². The number of nitrogens with one attached hydrogen (secondary N) is 1. The van der Waals surface area contributed by atoms with Crippen molar-refractivity contribution in [3.8, 4) is 11.5 Å². The van der Waals surface area contributed by atoms with Crippen LogP contribution in [0.25, 0.3) is 10.8 Å². The zero-order chi connectivity index (χ0) is 20.2. The second-order valence-corrected chi connectivity index (χ2v) is 6.48. The van der Waals surface area contributed by atoms with Gasteiger partial charge >= 0.3 is 6.09 Å². The van der Waals surface area contributed by atoms with Crippen LogP contribution in [0.2, 0.25) is 0 Å².